The van der Waals surface area contributed by atoms with Gasteiger partial charge in [-0.1, -0.05) is 20.3 Å². The number of rotatable bonds is 7. The van der Waals surface area contributed by atoms with Crippen molar-refractivity contribution in [1.82, 2.24) is 10.2 Å². The molecule has 5 heteroatoms. The van der Waals surface area contributed by atoms with Crippen LogP contribution in [0.2, 0.25) is 0 Å². The van der Waals surface area contributed by atoms with Crippen molar-refractivity contribution in [3.63, 3.8) is 0 Å². The lowest BCUT2D eigenvalue weighted by molar-refractivity contribution is -0.137. The number of amides is 2. The van der Waals surface area contributed by atoms with Gasteiger partial charge in [-0.25, -0.2) is 4.79 Å². The first-order valence-corrected chi connectivity index (χ1v) is 7.77. The van der Waals surface area contributed by atoms with Crippen molar-refractivity contribution < 1.29 is 14.7 Å². The fraction of sp³-hybridized carbons (Fsp3) is 0.867. The minimum Gasteiger partial charge on any atom is -0.481 e. The van der Waals surface area contributed by atoms with E-state index < -0.39 is 5.97 Å². The maximum atomic E-state index is 12.0. The molecule has 0 radical (unpaired) electrons. The lowest BCUT2D eigenvalue weighted by Crippen LogP contribution is -2.44. The highest BCUT2D eigenvalue weighted by atomic mass is 16.4. The minimum atomic E-state index is -0.741. The summed E-state index contributed by atoms with van der Waals surface area (Å²) in [6.45, 7) is 6.64. The molecule has 0 saturated carbocycles. The molecule has 116 valence electrons. The molecule has 1 unspecified atom stereocenters. The first-order chi connectivity index (χ1) is 9.52. The summed E-state index contributed by atoms with van der Waals surface area (Å²) in [5.74, 6) is 0.363. The molecule has 0 bridgehead atoms. The number of likely N-dealkylation sites (tertiary alicyclic amines) is 1. The van der Waals surface area contributed by atoms with E-state index in [0.717, 1.165) is 44.7 Å². The van der Waals surface area contributed by atoms with Crippen LogP contribution in [0.1, 0.15) is 52.4 Å². The molecule has 1 saturated heterocycles. The van der Waals surface area contributed by atoms with Crippen molar-refractivity contribution in [3.05, 3.63) is 0 Å². The van der Waals surface area contributed by atoms with E-state index in [9.17, 15) is 9.59 Å². The van der Waals surface area contributed by atoms with Gasteiger partial charge in [0, 0.05) is 26.1 Å². The van der Waals surface area contributed by atoms with Crippen molar-refractivity contribution in [2.75, 3.05) is 19.6 Å². The van der Waals surface area contributed by atoms with E-state index in [2.05, 4.69) is 19.2 Å². The highest BCUT2D eigenvalue weighted by Crippen LogP contribution is 2.17. The summed E-state index contributed by atoms with van der Waals surface area (Å²) >= 11 is 0. The molecule has 0 aromatic carbocycles. The van der Waals surface area contributed by atoms with Crippen molar-refractivity contribution in [1.29, 1.82) is 0 Å². The van der Waals surface area contributed by atoms with Gasteiger partial charge in [-0.15, -0.1) is 0 Å². The van der Waals surface area contributed by atoms with Gasteiger partial charge in [0.1, 0.15) is 0 Å². The quantitative estimate of drug-likeness (QED) is 0.755. The van der Waals surface area contributed by atoms with Crippen molar-refractivity contribution in [2.24, 2.45) is 11.8 Å². The lowest BCUT2D eigenvalue weighted by Gasteiger charge is -2.30. The van der Waals surface area contributed by atoms with E-state index in [1.807, 2.05) is 4.90 Å². The normalized spacial score (nSPS) is 17.8. The number of urea groups is 1. The third-order valence-electron chi connectivity index (χ3n) is 4.24. The number of carboxylic acid groups (broad SMARTS) is 1. The zero-order valence-corrected chi connectivity index (χ0v) is 12.7. The standard InChI is InChI=1S/C15H28N2O3/c1-3-13(4-5-14(18)19)6-9-16-15(20)17-10-7-12(2)8-11-17/h12-13H,3-11H2,1-2H3,(H,16,20)(H,18,19). The average molecular weight is 284 g/mol. The summed E-state index contributed by atoms with van der Waals surface area (Å²) < 4.78 is 0. The third-order valence-corrected chi connectivity index (χ3v) is 4.24. The maximum absolute atomic E-state index is 12.0. The molecule has 1 rings (SSSR count). The highest BCUT2D eigenvalue weighted by molar-refractivity contribution is 5.74. The monoisotopic (exact) mass is 284 g/mol. The van der Waals surface area contributed by atoms with Crippen LogP contribution in [0.4, 0.5) is 4.79 Å². The summed E-state index contributed by atoms with van der Waals surface area (Å²) in [5, 5.41) is 11.6. The van der Waals surface area contributed by atoms with Crippen LogP contribution >= 0.6 is 0 Å². The zero-order valence-electron chi connectivity index (χ0n) is 12.7. The summed E-state index contributed by atoms with van der Waals surface area (Å²) in [6, 6.07) is 0.0324. The Morgan fingerprint density at radius 1 is 1.30 bits per heavy atom. The van der Waals surface area contributed by atoms with Crippen LogP contribution in [-0.4, -0.2) is 41.6 Å². The van der Waals surface area contributed by atoms with E-state index >= 15 is 0 Å². The number of carbonyl (C=O) groups is 2. The fourth-order valence-electron chi connectivity index (χ4n) is 2.59. The summed E-state index contributed by atoms with van der Waals surface area (Å²) in [6.07, 6.45) is 4.91. The molecule has 5 nitrogen and oxygen atoms in total. The average Bonchev–Trinajstić information content (AvgIpc) is 2.42. The van der Waals surface area contributed by atoms with Gasteiger partial charge in [0.25, 0.3) is 0 Å². The number of aliphatic carboxylic acids is 1. The number of hydrogen-bond donors (Lipinski definition) is 2. The lowest BCUT2D eigenvalue weighted by atomic mass is 9.96. The first kappa shape index (κ1) is 16.8. The Morgan fingerprint density at radius 2 is 1.95 bits per heavy atom. The second-order valence-electron chi connectivity index (χ2n) is 5.90. The highest BCUT2D eigenvalue weighted by Gasteiger charge is 2.20. The topological polar surface area (TPSA) is 69.6 Å². The van der Waals surface area contributed by atoms with Crippen LogP contribution in [0, 0.1) is 11.8 Å². The molecular formula is C15H28N2O3. The number of carboxylic acids is 1. The Balaban J connectivity index is 2.18. The first-order valence-electron chi connectivity index (χ1n) is 7.77. The van der Waals surface area contributed by atoms with Gasteiger partial charge in [-0.05, 0) is 37.5 Å². The van der Waals surface area contributed by atoms with E-state index in [1.54, 1.807) is 0 Å². The molecule has 0 aromatic rings. The molecule has 1 atom stereocenters. The van der Waals surface area contributed by atoms with Gasteiger partial charge in [0.2, 0.25) is 0 Å². The largest absolute Gasteiger partial charge is 0.481 e. The van der Waals surface area contributed by atoms with Gasteiger partial charge in [-0.2, -0.15) is 0 Å². The van der Waals surface area contributed by atoms with Crippen molar-refractivity contribution >= 4 is 12.0 Å². The Labute approximate surface area is 121 Å². The number of piperidine rings is 1. The molecule has 20 heavy (non-hydrogen) atoms. The molecule has 2 N–H and O–H groups in total. The Bertz CT molecular complexity index is 312. The third kappa shape index (κ3) is 6.26. The zero-order chi connectivity index (χ0) is 15.0. The maximum Gasteiger partial charge on any atom is 0.317 e. The minimum absolute atomic E-state index is 0.0324. The Hall–Kier alpha value is -1.26. The number of carbonyl (C=O) groups excluding carboxylic acids is 1. The predicted octanol–water partition coefficient (Wildman–Crippen LogP) is 2.71. The van der Waals surface area contributed by atoms with E-state index in [4.69, 9.17) is 5.11 Å². The van der Waals surface area contributed by atoms with Gasteiger partial charge >= 0.3 is 12.0 Å². The van der Waals surface area contributed by atoms with Gasteiger partial charge < -0.3 is 15.3 Å². The molecule has 1 heterocycles. The van der Waals surface area contributed by atoms with Crippen LogP contribution in [0.3, 0.4) is 0 Å². The second-order valence-corrected chi connectivity index (χ2v) is 5.90. The second kappa shape index (κ2) is 8.82. The molecule has 0 aromatic heterocycles. The summed E-state index contributed by atoms with van der Waals surface area (Å²) in [4.78, 5) is 24.4. The van der Waals surface area contributed by atoms with Crippen LogP contribution in [0.15, 0.2) is 0 Å². The van der Waals surface area contributed by atoms with E-state index in [1.165, 1.54) is 0 Å². The van der Waals surface area contributed by atoms with Crippen LogP contribution < -0.4 is 5.32 Å². The fourth-order valence-corrected chi connectivity index (χ4v) is 2.59. The smallest absolute Gasteiger partial charge is 0.317 e. The predicted molar refractivity (Wildman–Crippen MR) is 78.6 cm³/mol. The number of nitrogens with one attached hydrogen (secondary N) is 1. The summed E-state index contributed by atoms with van der Waals surface area (Å²) in [5.41, 5.74) is 0. The van der Waals surface area contributed by atoms with Gasteiger partial charge in [-0.3, -0.25) is 4.79 Å². The SMILES string of the molecule is CCC(CCNC(=O)N1CCC(C)CC1)CCC(=O)O. The molecule has 1 fully saturated rings. The van der Waals surface area contributed by atoms with Crippen LogP contribution in [0.25, 0.3) is 0 Å². The Morgan fingerprint density at radius 3 is 2.50 bits per heavy atom. The number of nitrogens with zero attached hydrogens (tertiary/aromatic N) is 1. The van der Waals surface area contributed by atoms with Gasteiger partial charge in [0.15, 0.2) is 0 Å². The molecule has 1 aliphatic rings. The van der Waals surface area contributed by atoms with Crippen molar-refractivity contribution in [2.45, 2.75) is 52.4 Å². The van der Waals surface area contributed by atoms with E-state index in [0.29, 0.717) is 18.9 Å². The van der Waals surface area contributed by atoms with Crippen molar-refractivity contribution in [3.8, 4) is 0 Å². The van der Waals surface area contributed by atoms with Crippen LogP contribution in [0.5, 0.6) is 0 Å². The van der Waals surface area contributed by atoms with E-state index in [-0.39, 0.29) is 12.5 Å². The molecule has 0 spiro atoms. The van der Waals surface area contributed by atoms with Gasteiger partial charge in [0.05, 0.1) is 0 Å². The molecular weight excluding hydrogens is 256 g/mol. The summed E-state index contributed by atoms with van der Waals surface area (Å²) in [7, 11) is 0. The molecule has 0 aliphatic carbocycles. The molecule has 1 aliphatic heterocycles. The Kier molecular flexibility index (Phi) is 7.41. The van der Waals surface area contributed by atoms with Crippen LogP contribution in [-0.2, 0) is 4.79 Å². The molecule has 2 amide bonds. The number of hydrogen-bond acceptors (Lipinski definition) is 2.